The molecule has 1 unspecified atom stereocenters. The molecule has 2 heterocycles. The van der Waals surface area contributed by atoms with E-state index in [9.17, 15) is 21.0 Å². The smallest absolute Gasteiger partial charge is 0.278 e. The average molecular weight is 296 g/mol. The molecule has 0 aliphatic carbocycles. The van der Waals surface area contributed by atoms with Gasteiger partial charge < -0.3 is 0 Å². The van der Waals surface area contributed by atoms with Crippen molar-refractivity contribution in [3.8, 4) is 0 Å². The zero-order valence-corrected chi connectivity index (χ0v) is 10.0. The molecule has 1 aliphatic heterocycles. The highest BCUT2D eigenvalue weighted by atomic mass is 31.3. The maximum Gasteiger partial charge on any atom is 0.424 e. The second kappa shape index (κ2) is 3.56. The van der Waals surface area contributed by atoms with E-state index in [1.165, 1.54) is 12.1 Å². The lowest BCUT2D eigenvalue weighted by Crippen LogP contribution is -1.87. The third kappa shape index (κ3) is 2.31. The standard InChI is InChI=1S/C4H4F5N4P3/c5-14(6)10-15(7,8)12-16(9,11-14)13-3-1-2-4-13/h1-4H. The molecule has 0 fully saturated rings. The second-order valence-electron chi connectivity index (χ2n) is 2.74. The summed E-state index contributed by atoms with van der Waals surface area (Å²) in [6.45, 7) is 0. The third-order valence-corrected chi connectivity index (χ3v) is 7.66. The van der Waals surface area contributed by atoms with Gasteiger partial charge >= 0.3 is 23.3 Å². The Morgan fingerprint density at radius 2 is 1.25 bits per heavy atom. The van der Waals surface area contributed by atoms with E-state index in [2.05, 4.69) is 9.03 Å². The average Bonchev–Trinajstić information content (AvgIpc) is 2.46. The summed E-state index contributed by atoms with van der Waals surface area (Å²) >= 11 is 0. The Morgan fingerprint density at radius 1 is 0.750 bits per heavy atom. The van der Waals surface area contributed by atoms with Gasteiger partial charge in [0, 0.05) is 12.4 Å². The summed E-state index contributed by atoms with van der Waals surface area (Å²) in [5.41, 5.74) is 0. The van der Waals surface area contributed by atoms with Gasteiger partial charge in [-0.3, -0.25) is 4.34 Å². The molecule has 0 aromatic carbocycles. The summed E-state index contributed by atoms with van der Waals surface area (Å²) in [6.07, 6.45) is 2.07. The third-order valence-electron chi connectivity index (χ3n) is 1.54. The minimum absolute atomic E-state index is 0.559. The number of aromatic nitrogens is 1. The number of halogens is 5. The molecular weight excluding hydrogens is 292 g/mol. The van der Waals surface area contributed by atoms with Crippen LogP contribution < -0.4 is 0 Å². The summed E-state index contributed by atoms with van der Waals surface area (Å²) in [6, 6.07) is 2.62. The maximum atomic E-state index is 13.9. The first-order valence-corrected chi connectivity index (χ1v) is 8.25. The monoisotopic (exact) mass is 296 g/mol. The zero-order valence-electron chi connectivity index (χ0n) is 7.33. The predicted octanol–water partition coefficient (Wildman–Crippen LogP) is 6.04. The van der Waals surface area contributed by atoms with Gasteiger partial charge in [0.05, 0.1) is 0 Å². The van der Waals surface area contributed by atoms with Gasteiger partial charge in [0.15, 0.2) is 0 Å². The molecule has 0 spiro atoms. The van der Waals surface area contributed by atoms with E-state index in [0.29, 0.717) is 4.34 Å². The van der Waals surface area contributed by atoms with Crippen molar-refractivity contribution in [3.63, 3.8) is 0 Å². The first-order valence-electron chi connectivity index (χ1n) is 3.76. The summed E-state index contributed by atoms with van der Waals surface area (Å²) in [5, 5.41) is 0. The van der Waals surface area contributed by atoms with Gasteiger partial charge in [0.25, 0.3) is 0 Å². The van der Waals surface area contributed by atoms with Crippen LogP contribution in [-0.4, -0.2) is 4.34 Å². The molecule has 0 amide bonds. The highest BCUT2D eigenvalue weighted by molar-refractivity contribution is 7.78. The van der Waals surface area contributed by atoms with E-state index in [4.69, 9.17) is 0 Å². The first-order chi connectivity index (χ1) is 7.23. The normalized spacial score (nSPS) is 31.1. The molecule has 0 radical (unpaired) electrons. The second-order valence-corrected chi connectivity index (χ2v) is 8.16. The van der Waals surface area contributed by atoms with Crippen molar-refractivity contribution >= 4 is 23.3 Å². The Kier molecular flexibility index (Phi) is 2.69. The molecule has 0 saturated carbocycles. The number of nitrogens with zero attached hydrogens (tertiary/aromatic N) is 4. The molecular formula is C4H4F5N4P3. The maximum absolute atomic E-state index is 13.9. The van der Waals surface area contributed by atoms with Crippen LogP contribution in [0.4, 0.5) is 21.0 Å². The summed E-state index contributed by atoms with van der Waals surface area (Å²) in [4.78, 5) is 0. The summed E-state index contributed by atoms with van der Waals surface area (Å²) in [5.74, 6) is 0. The molecule has 1 aromatic heterocycles. The van der Waals surface area contributed by atoms with Crippen LogP contribution >= 0.6 is 23.3 Å². The molecule has 0 N–H and O–H groups in total. The SMILES string of the molecule is FP1(F)=NP(F)(F)=NP(F)(n2cccc2)=N1. The number of rotatable bonds is 1. The number of hydrogen-bond donors (Lipinski definition) is 0. The van der Waals surface area contributed by atoms with E-state index in [0.717, 1.165) is 12.4 Å². The fourth-order valence-corrected chi connectivity index (χ4v) is 6.90. The van der Waals surface area contributed by atoms with Gasteiger partial charge in [-0.15, -0.1) is 30.3 Å². The van der Waals surface area contributed by atoms with Crippen LogP contribution in [0.1, 0.15) is 0 Å². The van der Waals surface area contributed by atoms with Gasteiger partial charge in [0.2, 0.25) is 0 Å². The van der Waals surface area contributed by atoms with Crippen molar-refractivity contribution in [3.05, 3.63) is 24.5 Å². The van der Waals surface area contributed by atoms with Crippen molar-refractivity contribution in [2.45, 2.75) is 0 Å². The Bertz CT molecular complexity index is 557. The highest BCUT2D eigenvalue weighted by Crippen LogP contribution is 2.81. The van der Waals surface area contributed by atoms with Crippen molar-refractivity contribution in [2.24, 2.45) is 13.5 Å². The van der Waals surface area contributed by atoms with Crippen molar-refractivity contribution in [2.75, 3.05) is 0 Å². The Balaban J connectivity index is 2.74. The van der Waals surface area contributed by atoms with Crippen LogP contribution in [0.5, 0.6) is 0 Å². The molecule has 0 bridgehead atoms. The van der Waals surface area contributed by atoms with Gasteiger partial charge in [0.1, 0.15) is 0 Å². The van der Waals surface area contributed by atoms with Crippen LogP contribution in [-0.2, 0) is 0 Å². The number of hydrogen-bond acceptors (Lipinski definition) is 3. The molecule has 1 atom stereocenters. The molecule has 0 saturated heterocycles. The first kappa shape index (κ1) is 12.1. The zero-order chi connectivity index (χ0) is 12.0. The summed E-state index contributed by atoms with van der Waals surface area (Å²) in [7, 11) is -16.0. The van der Waals surface area contributed by atoms with Crippen molar-refractivity contribution < 1.29 is 21.0 Å². The fraction of sp³-hybridized carbons (Fsp3) is 0. The molecule has 2 rings (SSSR count). The van der Waals surface area contributed by atoms with E-state index >= 15 is 0 Å². The lowest BCUT2D eigenvalue weighted by atomic mass is 10.7. The fourth-order valence-electron chi connectivity index (χ4n) is 1.04. The largest absolute Gasteiger partial charge is 0.424 e. The van der Waals surface area contributed by atoms with Crippen molar-refractivity contribution in [1.29, 1.82) is 0 Å². The van der Waals surface area contributed by atoms with Gasteiger partial charge in [-0.1, -0.05) is 0 Å². The van der Waals surface area contributed by atoms with Crippen LogP contribution in [0.15, 0.2) is 38.1 Å². The minimum Gasteiger partial charge on any atom is -0.278 e. The summed E-state index contributed by atoms with van der Waals surface area (Å²) < 4.78 is 72.7. The highest BCUT2D eigenvalue weighted by Gasteiger charge is 2.39. The van der Waals surface area contributed by atoms with E-state index in [-0.39, 0.29) is 0 Å². The Hall–Kier alpha value is -0.380. The van der Waals surface area contributed by atoms with Gasteiger partial charge in [-0.25, -0.2) is 0 Å². The predicted molar refractivity (Wildman–Crippen MR) is 53.4 cm³/mol. The van der Waals surface area contributed by atoms with E-state index in [1.54, 1.807) is 0 Å². The molecule has 4 nitrogen and oxygen atoms in total. The molecule has 16 heavy (non-hydrogen) atoms. The molecule has 90 valence electrons. The van der Waals surface area contributed by atoms with E-state index < -0.39 is 23.3 Å². The van der Waals surface area contributed by atoms with E-state index in [1.807, 2.05) is 4.52 Å². The van der Waals surface area contributed by atoms with Crippen molar-refractivity contribution in [1.82, 2.24) is 4.34 Å². The molecule has 1 aromatic rings. The quantitative estimate of drug-likeness (QED) is 0.448. The van der Waals surface area contributed by atoms with Gasteiger partial charge in [-0.2, -0.15) is 4.20 Å². The minimum atomic E-state index is -5.61. The topological polar surface area (TPSA) is 42.0 Å². The van der Waals surface area contributed by atoms with Crippen LogP contribution in [0.3, 0.4) is 0 Å². The molecule has 12 heteroatoms. The Morgan fingerprint density at radius 3 is 1.75 bits per heavy atom. The lowest BCUT2D eigenvalue weighted by Gasteiger charge is -2.17. The molecule has 1 aliphatic rings. The van der Waals surface area contributed by atoms with Crippen LogP contribution in [0.25, 0.3) is 0 Å². The van der Waals surface area contributed by atoms with Gasteiger partial charge in [-0.05, 0) is 12.1 Å². The van der Waals surface area contributed by atoms with Crippen LogP contribution in [0, 0.1) is 0 Å². The lowest BCUT2D eigenvalue weighted by molar-refractivity contribution is 0.694. The van der Waals surface area contributed by atoms with Crippen LogP contribution in [0.2, 0.25) is 0 Å². The Labute approximate surface area is 87.5 Å².